The molecule has 1 atom stereocenters. The number of halogens is 1. The maximum atomic E-state index is 12.8. The molecular weight excluding hydrogens is 333 g/mol. The maximum Gasteiger partial charge on any atom is 0.260 e. The number of benzene rings is 3. The zero-order valence-corrected chi connectivity index (χ0v) is 14.4. The van der Waals surface area contributed by atoms with Crippen molar-refractivity contribution in [3.05, 3.63) is 72.5 Å². The molecule has 0 fully saturated rings. The summed E-state index contributed by atoms with van der Waals surface area (Å²) in [4.78, 5) is 12.1. The number of nitrogens with one attached hydrogen (secondary N) is 1. The Morgan fingerprint density at radius 1 is 1.00 bits per heavy atom. The third-order valence-corrected chi connectivity index (χ3v) is 3.89. The van der Waals surface area contributed by atoms with Crippen molar-refractivity contribution in [1.29, 1.82) is 0 Å². The van der Waals surface area contributed by atoms with Crippen LogP contribution in [-0.4, -0.2) is 25.2 Å². The standard InChI is InChI=1S/C21H20FNO3/c1-15(26-20-9-6-16-4-2-3-5-17(16)14-20)21(24)23-12-13-25-19-10-7-18(22)8-11-19/h2-11,14-15H,12-13H2,1H3,(H,23,24)/t15-/m0/s1. The van der Waals surface area contributed by atoms with Gasteiger partial charge < -0.3 is 14.8 Å². The fourth-order valence-corrected chi connectivity index (χ4v) is 2.52. The summed E-state index contributed by atoms with van der Waals surface area (Å²) < 4.78 is 24.0. The van der Waals surface area contributed by atoms with Crippen LogP contribution in [-0.2, 0) is 4.79 Å². The van der Waals surface area contributed by atoms with Gasteiger partial charge in [-0.3, -0.25) is 4.79 Å². The van der Waals surface area contributed by atoms with Crippen LogP contribution >= 0.6 is 0 Å². The molecule has 0 unspecified atom stereocenters. The molecular formula is C21H20FNO3. The molecule has 4 nitrogen and oxygen atoms in total. The van der Waals surface area contributed by atoms with Gasteiger partial charge in [-0.05, 0) is 54.1 Å². The summed E-state index contributed by atoms with van der Waals surface area (Å²) in [5.41, 5.74) is 0. The Kier molecular flexibility index (Phi) is 5.69. The number of hydrogen-bond donors (Lipinski definition) is 1. The third kappa shape index (κ3) is 4.72. The average Bonchev–Trinajstić information content (AvgIpc) is 2.66. The summed E-state index contributed by atoms with van der Waals surface area (Å²) in [5.74, 6) is 0.668. The van der Waals surface area contributed by atoms with Gasteiger partial charge in [0, 0.05) is 0 Å². The highest BCUT2D eigenvalue weighted by Crippen LogP contribution is 2.21. The highest BCUT2D eigenvalue weighted by molar-refractivity contribution is 5.84. The fraction of sp³-hybridized carbons (Fsp3) is 0.190. The molecule has 26 heavy (non-hydrogen) atoms. The van der Waals surface area contributed by atoms with Crippen molar-refractivity contribution in [3.8, 4) is 11.5 Å². The molecule has 0 spiro atoms. The van der Waals surface area contributed by atoms with Crippen LogP contribution in [0.15, 0.2) is 66.7 Å². The van der Waals surface area contributed by atoms with Gasteiger partial charge in [0.25, 0.3) is 5.91 Å². The molecule has 3 aromatic rings. The Hall–Kier alpha value is -3.08. The fourth-order valence-electron chi connectivity index (χ4n) is 2.52. The van der Waals surface area contributed by atoms with Crippen molar-refractivity contribution >= 4 is 16.7 Å². The molecule has 0 aliphatic carbocycles. The van der Waals surface area contributed by atoms with Crippen LogP contribution < -0.4 is 14.8 Å². The molecule has 0 aliphatic rings. The summed E-state index contributed by atoms with van der Waals surface area (Å²) in [6, 6.07) is 19.4. The lowest BCUT2D eigenvalue weighted by Crippen LogP contribution is -2.38. The lowest BCUT2D eigenvalue weighted by Gasteiger charge is -2.15. The maximum absolute atomic E-state index is 12.8. The molecule has 0 heterocycles. The second-order valence-electron chi connectivity index (χ2n) is 5.86. The molecule has 0 aliphatic heterocycles. The van der Waals surface area contributed by atoms with E-state index < -0.39 is 6.10 Å². The summed E-state index contributed by atoms with van der Waals surface area (Å²) >= 11 is 0. The van der Waals surface area contributed by atoms with Gasteiger partial charge in [-0.2, -0.15) is 0 Å². The van der Waals surface area contributed by atoms with E-state index in [9.17, 15) is 9.18 Å². The monoisotopic (exact) mass is 353 g/mol. The molecule has 5 heteroatoms. The van der Waals surface area contributed by atoms with Crippen molar-refractivity contribution in [1.82, 2.24) is 5.32 Å². The molecule has 0 aromatic heterocycles. The third-order valence-electron chi connectivity index (χ3n) is 3.89. The SMILES string of the molecule is C[C@H](Oc1ccc2ccccc2c1)C(=O)NCCOc1ccc(F)cc1. The number of carbonyl (C=O) groups excluding carboxylic acids is 1. The van der Waals surface area contributed by atoms with Gasteiger partial charge in [0.1, 0.15) is 23.9 Å². The van der Waals surface area contributed by atoms with E-state index in [0.29, 0.717) is 24.7 Å². The lowest BCUT2D eigenvalue weighted by molar-refractivity contribution is -0.127. The smallest absolute Gasteiger partial charge is 0.260 e. The Morgan fingerprint density at radius 2 is 1.69 bits per heavy atom. The van der Waals surface area contributed by atoms with E-state index in [1.54, 1.807) is 19.1 Å². The van der Waals surface area contributed by atoms with Gasteiger partial charge in [0.15, 0.2) is 6.10 Å². The lowest BCUT2D eigenvalue weighted by atomic mass is 10.1. The largest absolute Gasteiger partial charge is 0.492 e. The zero-order chi connectivity index (χ0) is 18.4. The van der Waals surface area contributed by atoms with Gasteiger partial charge in [0.05, 0.1) is 6.54 Å². The molecule has 0 bridgehead atoms. The first-order valence-corrected chi connectivity index (χ1v) is 8.43. The predicted molar refractivity (Wildman–Crippen MR) is 98.9 cm³/mol. The van der Waals surface area contributed by atoms with Crippen molar-refractivity contribution in [2.24, 2.45) is 0 Å². The Labute approximate surface area is 151 Å². The molecule has 3 aromatic carbocycles. The Bertz CT molecular complexity index is 880. The highest BCUT2D eigenvalue weighted by atomic mass is 19.1. The topological polar surface area (TPSA) is 47.6 Å². The van der Waals surface area contributed by atoms with Crippen molar-refractivity contribution in [2.45, 2.75) is 13.0 Å². The molecule has 1 N–H and O–H groups in total. The molecule has 0 saturated heterocycles. The molecule has 3 rings (SSSR count). The number of hydrogen-bond acceptors (Lipinski definition) is 3. The summed E-state index contributed by atoms with van der Waals surface area (Å²) in [6.07, 6.45) is -0.623. The summed E-state index contributed by atoms with van der Waals surface area (Å²) in [7, 11) is 0. The number of rotatable bonds is 7. The van der Waals surface area contributed by atoms with Gasteiger partial charge in [0.2, 0.25) is 0 Å². The summed E-state index contributed by atoms with van der Waals surface area (Å²) in [5, 5.41) is 4.94. The summed E-state index contributed by atoms with van der Waals surface area (Å²) in [6.45, 7) is 2.33. The predicted octanol–water partition coefficient (Wildman–Crippen LogP) is 3.94. The molecule has 134 valence electrons. The minimum absolute atomic E-state index is 0.221. The van der Waals surface area contributed by atoms with E-state index in [-0.39, 0.29) is 11.7 Å². The second kappa shape index (κ2) is 8.34. The van der Waals surface area contributed by atoms with Crippen LogP contribution in [0.2, 0.25) is 0 Å². The van der Waals surface area contributed by atoms with E-state index in [4.69, 9.17) is 9.47 Å². The van der Waals surface area contributed by atoms with Gasteiger partial charge >= 0.3 is 0 Å². The first kappa shape index (κ1) is 17.7. The average molecular weight is 353 g/mol. The van der Waals surface area contributed by atoms with Crippen LogP contribution in [0.25, 0.3) is 10.8 Å². The Balaban J connectivity index is 1.45. The van der Waals surface area contributed by atoms with Gasteiger partial charge in [-0.15, -0.1) is 0 Å². The van der Waals surface area contributed by atoms with Crippen molar-refractivity contribution in [2.75, 3.05) is 13.2 Å². The van der Waals surface area contributed by atoms with E-state index in [2.05, 4.69) is 5.32 Å². The van der Waals surface area contributed by atoms with Gasteiger partial charge in [-0.1, -0.05) is 30.3 Å². The second-order valence-corrected chi connectivity index (χ2v) is 5.86. The number of carbonyl (C=O) groups is 1. The number of amides is 1. The first-order chi connectivity index (χ1) is 12.6. The Morgan fingerprint density at radius 3 is 2.46 bits per heavy atom. The van der Waals surface area contributed by atoms with Crippen LogP contribution in [0, 0.1) is 5.82 Å². The minimum atomic E-state index is -0.623. The zero-order valence-electron chi connectivity index (χ0n) is 14.4. The van der Waals surface area contributed by atoms with Crippen LogP contribution in [0.5, 0.6) is 11.5 Å². The minimum Gasteiger partial charge on any atom is -0.492 e. The highest BCUT2D eigenvalue weighted by Gasteiger charge is 2.14. The van der Waals surface area contributed by atoms with Crippen molar-refractivity contribution in [3.63, 3.8) is 0 Å². The molecule has 0 radical (unpaired) electrons. The van der Waals surface area contributed by atoms with E-state index in [1.807, 2.05) is 42.5 Å². The number of ether oxygens (including phenoxy) is 2. The van der Waals surface area contributed by atoms with Crippen molar-refractivity contribution < 1.29 is 18.7 Å². The number of fused-ring (bicyclic) bond motifs is 1. The van der Waals surface area contributed by atoms with Crippen LogP contribution in [0.3, 0.4) is 0 Å². The van der Waals surface area contributed by atoms with Crippen LogP contribution in [0.4, 0.5) is 4.39 Å². The molecule has 0 saturated carbocycles. The normalized spacial score (nSPS) is 11.8. The molecule has 1 amide bonds. The van der Waals surface area contributed by atoms with E-state index >= 15 is 0 Å². The van der Waals surface area contributed by atoms with Crippen LogP contribution in [0.1, 0.15) is 6.92 Å². The van der Waals surface area contributed by atoms with E-state index in [0.717, 1.165) is 10.8 Å². The van der Waals surface area contributed by atoms with E-state index in [1.165, 1.54) is 12.1 Å². The first-order valence-electron chi connectivity index (χ1n) is 8.43. The quantitative estimate of drug-likeness (QED) is 0.655. The van der Waals surface area contributed by atoms with Gasteiger partial charge in [-0.25, -0.2) is 4.39 Å².